The maximum absolute atomic E-state index is 5.87. The first-order valence-corrected chi connectivity index (χ1v) is 10.0. The average molecular weight is 363 g/mol. The summed E-state index contributed by atoms with van der Waals surface area (Å²) in [6.45, 7) is 3.84. The van der Waals surface area contributed by atoms with E-state index in [9.17, 15) is 0 Å². The lowest BCUT2D eigenvalue weighted by Crippen LogP contribution is -2.29. The van der Waals surface area contributed by atoms with Crippen molar-refractivity contribution in [3.05, 3.63) is 18.0 Å². The van der Waals surface area contributed by atoms with Crippen LogP contribution in [0.15, 0.2) is 11.5 Å². The molecule has 8 nitrogen and oxygen atoms in total. The Morgan fingerprint density at radius 1 is 1.24 bits per heavy atom. The van der Waals surface area contributed by atoms with Crippen molar-refractivity contribution in [3.63, 3.8) is 0 Å². The summed E-state index contributed by atoms with van der Waals surface area (Å²) in [5, 5.41) is 21.6. The zero-order chi connectivity index (χ0) is 17.1. The van der Waals surface area contributed by atoms with Crippen molar-refractivity contribution in [3.8, 4) is 0 Å². The molecule has 0 spiro atoms. The summed E-state index contributed by atoms with van der Waals surface area (Å²) in [7, 11) is 1.97. The Bertz CT molecular complexity index is 688. The summed E-state index contributed by atoms with van der Waals surface area (Å²) in [4.78, 5) is 0. The van der Waals surface area contributed by atoms with E-state index in [2.05, 4.69) is 30.3 Å². The number of nitrogens with one attached hydrogen (secondary N) is 1. The Morgan fingerprint density at radius 2 is 2.12 bits per heavy atom. The smallest absolute Gasteiger partial charge is 0.191 e. The summed E-state index contributed by atoms with van der Waals surface area (Å²) in [6, 6.07) is 0. The zero-order valence-corrected chi connectivity index (χ0v) is 15.4. The molecule has 9 heteroatoms. The number of hydrogen-bond donors (Lipinski definition) is 1. The zero-order valence-electron chi connectivity index (χ0n) is 14.6. The minimum absolute atomic E-state index is 0.283. The quantitative estimate of drug-likeness (QED) is 0.776. The van der Waals surface area contributed by atoms with Gasteiger partial charge in [-0.3, -0.25) is 0 Å². The molecule has 0 amide bonds. The number of thioether (sulfide) groups is 1. The van der Waals surface area contributed by atoms with Crippen molar-refractivity contribution >= 4 is 11.8 Å². The second kappa shape index (κ2) is 7.84. The van der Waals surface area contributed by atoms with Crippen molar-refractivity contribution in [2.75, 3.05) is 19.7 Å². The molecule has 0 saturated carbocycles. The lowest BCUT2D eigenvalue weighted by atomic mass is 9.97. The van der Waals surface area contributed by atoms with Gasteiger partial charge in [-0.15, -0.1) is 20.4 Å². The number of hydrogen-bond acceptors (Lipinski definition) is 7. The van der Waals surface area contributed by atoms with Crippen LogP contribution in [0.2, 0.25) is 0 Å². The third-order valence-corrected chi connectivity index (χ3v) is 5.96. The molecule has 1 atom stereocenters. The van der Waals surface area contributed by atoms with Crippen LogP contribution >= 0.6 is 11.8 Å². The van der Waals surface area contributed by atoms with E-state index in [1.54, 1.807) is 18.1 Å². The van der Waals surface area contributed by atoms with E-state index < -0.39 is 0 Å². The summed E-state index contributed by atoms with van der Waals surface area (Å²) >= 11 is 1.68. The van der Waals surface area contributed by atoms with Crippen LogP contribution in [0.25, 0.3) is 0 Å². The predicted molar refractivity (Wildman–Crippen MR) is 94.4 cm³/mol. The van der Waals surface area contributed by atoms with Crippen molar-refractivity contribution < 1.29 is 4.74 Å². The highest BCUT2D eigenvalue weighted by molar-refractivity contribution is 7.98. The van der Waals surface area contributed by atoms with Gasteiger partial charge in [0, 0.05) is 19.6 Å². The second-order valence-electron chi connectivity index (χ2n) is 6.76. The van der Waals surface area contributed by atoms with Gasteiger partial charge in [0.2, 0.25) is 0 Å². The number of aryl methyl sites for hydroxylation is 1. The number of ether oxygens (including phenoxy) is 1. The standard InChI is InChI=1S/C16H25N7OS/c1-22-11-18-19-14(22)10-25-16-21-20-15(12-4-6-17-7-5-12)23(16)9-13-3-2-8-24-13/h11-13,17H,2-10H2,1H3/t13-/m0/s1. The monoisotopic (exact) mass is 363 g/mol. The Morgan fingerprint density at radius 3 is 2.84 bits per heavy atom. The van der Waals surface area contributed by atoms with E-state index in [4.69, 9.17) is 4.74 Å². The number of nitrogens with zero attached hydrogens (tertiary/aromatic N) is 6. The van der Waals surface area contributed by atoms with Crippen LogP contribution in [0.3, 0.4) is 0 Å². The first kappa shape index (κ1) is 17.0. The number of piperidine rings is 1. The van der Waals surface area contributed by atoms with Crippen LogP contribution in [0.1, 0.15) is 43.3 Å². The van der Waals surface area contributed by atoms with Gasteiger partial charge >= 0.3 is 0 Å². The molecule has 0 bridgehead atoms. The SMILES string of the molecule is Cn1cnnc1CSc1nnc(C2CCNCC2)n1C[C@@H]1CCCO1. The molecular weight excluding hydrogens is 338 g/mol. The van der Waals surface area contributed by atoms with E-state index in [-0.39, 0.29) is 6.10 Å². The molecule has 0 unspecified atom stereocenters. The van der Waals surface area contributed by atoms with Crippen LogP contribution < -0.4 is 5.32 Å². The molecule has 2 aliphatic rings. The van der Waals surface area contributed by atoms with E-state index in [0.717, 1.165) is 74.5 Å². The third kappa shape index (κ3) is 3.88. The highest BCUT2D eigenvalue weighted by Crippen LogP contribution is 2.30. The molecule has 25 heavy (non-hydrogen) atoms. The molecule has 1 N–H and O–H groups in total. The average Bonchev–Trinajstić information content (AvgIpc) is 3.37. The van der Waals surface area contributed by atoms with E-state index in [1.165, 1.54) is 0 Å². The van der Waals surface area contributed by atoms with Crippen molar-refractivity contribution in [2.45, 2.75) is 55.2 Å². The lowest BCUT2D eigenvalue weighted by Gasteiger charge is -2.23. The largest absolute Gasteiger partial charge is 0.376 e. The topological polar surface area (TPSA) is 82.7 Å². The maximum Gasteiger partial charge on any atom is 0.191 e. The van der Waals surface area contributed by atoms with Gasteiger partial charge in [0.05, 0.1) is 18.4 Å². The van der Waals surface area contributed by atoms with Gasteiger partial charge in [-0.25, -0.2) is 0 Å². The van der Waals surface area contributed by atoms with E-state index >= 15 is 0 Å². The highest BCUT2D eigenvalue weighted by atomic mass is 32.2. The maximum atomic E-state index is 5.87. The minimum atomic E-state index is 0.283. The third-order valence-electron chi connectivity index (χ3n) is 5.00. The summed E-state index contributed by atoms with van der Waals surface area (Å²) < 4.78 is 10.1. The first-order chi connectivity index (χ1) is 12.3. The highest BCUT2D eigenvalue weighted by Gasteiger charge is 2.26. The Labute approximate surface area is 151 Å². The van der Waals surface area contributed by atoms with Crippen LogP contribution in [-0.4, -0.2) is 55.3 Å². The molecule has 0 aliphatic carbocycles. The molecule has 2 fully saturated rings. The lowest BCUT2D eigenvalue weighted by molar-refractivity contribution is 0.0936. The fraction of sp³-hybridized carbons (Fsp3) is 0.750. The van der Waals surface area contributed by atoms with E-state index in [1.807, 2.05) is 11.6 Å². The fourth-order valence-electron chi connectivity index (χ4n) is 3.52. The summed E-state index contributed by atoms with van der Waals surface area (Å²) in [6.07, 6.45) is 6.53. The minimum Gasteiger partial charge on any atom is -0.376 e. The van der Waals surface area contributed by atoms with Gasteiger partial charge in [0.1, 0.15) is 18.0 Å². The van der Waals surface area contributed by atoms with Crippen LogP contribution in [0.4, 0.5) is 0 Å². The molecule has 4 heterocycles. The van der Waals surface area contributed by atoms with Crippen molar-refractivity contribution in [1.82, 2.24) is 34.8 Å². The molecular formula is C16H25N7OS. The molecule has 2 aromatic rings. The Balaban J connectivity index is 1.53. The van der Waals surface area contributed by atoms with Crippen LogP contribution in [0.5, 0.6) is 0 Å². The first-order valence-electron chi connectivity index (χ1n) is 9.02. The second-order valence-corrected chi connectivity index (χ2v) is 7.70. The van der Waals surface area contributed by atoms with E-state index in [0.29, 0.717) is 5.92 Å². The summed E-state index contributed by atoms with van der Waals surface area (Å²) in [5.41, 5.74) is 0. The molecule has 0 aromatic carbocycles. The molecule has 2 aliphatic heterocycles. The molecule has 2 saturated heterocycles. The summed E-state index contributed by atoms with van der Waals surface area (Å²) in [5.74, 6) is 3.30. The van der Waals surface area contributed by atoms with Gasteiger partial charge in [-0.05, 0) is 38.8 Å². The van der Waals surface area contributed by atoms with Gasteiger partial charge in [-0.2, -0.15) is 0 Å². The number of aromatic nitrogens is 6. The Kier molecular flexibility index (Phi) is 5.33. The predicted octanol–water partition coefficient (Wildman–Crippen LogP) is 1.34. The van der Waals surface area contributed by atoms with Crippen molar-refractivity contribution in [2.24, 2.45) is 7.05 Å². The number of rotatable bonds is 6. The van der Waals surface area contributed by atoms with Crippen molar-refractivity contribution in [1.29, 1.82) is 0 Å². The Hall–Kier alpha value is -1.45. The van der Waals surface area contributed by atoms with Gasteiger partial charge in [0.25, 0.3) is 0 Å². The van der Waals surface area contributed by atoms with Crippen LogP contribution in [-0.2, 0) is 24.1 Å². The normalized spacial score (nSPS) is 21.9. The van der Waals surface area contributed by atoms with Gasteiger partial charge < -0.3 is 19.2 Å². The fourth-order valence-corrected chi connectivity index (χ4v) is 4.46. The van der Waals surface area contributed by atoms with Crippen LogP contribution in [0, 0.1) is 0 Å². The molecule has 4 rings (SSSR count). The van der Waals surface area contributed by atoms with Gasteiger partial charge in [-0.1, -0.05) is 11.8 Å². The van der Waals surface area contributed by atoms with Gasteiger partial charge in [0.15, 0.2) is 5.16 Å². The molecule has 136 valence electrons. The molecule has 0 radical (unpaired) electrons. The molecule has 2 aromatic heterocycles.